The molecule has 0 bridgehead atoms. The Kier molecular flexibility index (Phi) is 4.33. The molecule has 0 spiro atoms. The van der Waals surface area contributed by atoms with Crippen molar-refractivity contribution in [3.63, 3.8) is 0 Å². The lowest BCUT2D eigenvalue weighted by Crippen LogP contribution is -2.05. The summed E-state index contributed by atoms with van der Waals surface area (Å²) in [5.74, 6) is 0.942. The number of hydrogen-bond acceptors (Lipinski definition) is 4. The number of rotatable bonds is 5. The van der Waals surface area contributed by atoms with Gasteiger partial charge in [0, 0.05) is 23.4 Å². The minimum Gasteiger partial charge on any atom is -0.494 e. The summed E-state index contributed by atoms with van der Waals surface area (Å²) in [4.78, 5) is 4.54. The highest BCUT2D eigenvalue weighted by molar-refractivity contribution is 7.09. The van der Waals surface area contributed by atoms with E-state index >= 15 is 0 Å². The van der Waals surface area contributed by atoms with E-state index in [-0.39, 0.29) is 6.04 Å². The molecule has 0 amide bonds. The quantitative estimate of drug-likeness (QED) is 0.900. The van der Waals surface area contributed by atoms with E-state index in [4.69, 9.17) is 10.5 Å². The minimum atomic E-state index is -0.00265. The first kappa shape index (κ1) is 13.1. The second kappa shape index (κ2) is 5.98. The number of hydrogen-bond donors (Lipinski definition) is 1. The molecule has 0 aliphatic carbocycles. The summed E-state index contributed by atoms with van der Waals surface area (Å²) in [6.07, 6.45) is 0.799. The molecular formula is C14H18N2OS. The van der Waals surface area contributed by atoms with E-state index < -0.39 is 0 Å². The van der Waals surface area contributed by atoms with Crippen LogP contribution >= 0.6 is 11.3 Å². The van der Waals surface area contributed by atoms with Gasteiger partial charge in [-0.3, -0.25) is 0 Å². The van der Waals surface area contributed by atoms with Crippen LogP contribution in [-0.4, -0.2) is 11.6 Å². The van der Waals surface area contributed by atoms with Crippen molar-refractivity contribution in [3.8, 4) is 5.75 Å². The van der Waals surface area contributed by atoms with E-state index in [1.54, 1.807) is 11.3 Å². The normalized spacial score (nSPS) is 12.4. The molecular weight excluding hydrogens is 244 g/mol. The van der Waals surface area contributed by atoms with Crippen molar-refractivity contribution >= 4 is 11.3 Å². The van der Waals surface area contributed by atoms with Crippen molar-refractivity contribution in [2.24, 2.45) is 5.73 Å². The van der Waals surface area contributed by atoms with Crippen molar-refractivity contribution in [2.45, 2.75) is 26.3 Å². The Morgan fingerprint density at radius 1 is 1.39 bits per heavy atom. The number of para-hydroxylation sites is 1. The van der Waals surface area contributed by atoms with Gasteiger partial charge in [0.2, 0.25) is 0 Å². The van der Waals surface area contributed by atoms with E-state index in [0.29, 0.717) is 6.61 Å². The molecule has 4 heteroatoms. The van der Waals surface area contributed by atoms with Crippen molar-refractivity contribution in [1.29, 1.82) is 0 Å². The number of nitrogens with zero attached hydrogens (tertiary/aromatic N) is 1. The first-order chi connectivity index (χ1) is 8.70. The third-order valence-corrected chi connectivity index (χ3v) is 3.52. The molecule has 0 aliphatic rings. The van der Waals surface area contributed by atoms with Gasteiger partial charge in [-0.05, 0) is 19.9 Å². The van der Waals surface area contributed by atoms with E-state index in [2.05, 4.69) is 11.1 Å². The lowest BCUT2D eigenvalue weighted by molar-refractivity contribution is 0.337. The number of aromatic nitrogens is 1. The molecule has 1 aromatic carbocycles. The molecule has 2 aromatic rings. The number of ether oxygens (including phenoxy) is 1. The van der Waals surface area contributed by atoms with E-state index in [0.717, 1.165) is 22.9 Å². The molecule has 1 unspecified atom stereocenters. The van der Waals surface area contributed by atoms with Gasteiger partial charge in [0.1, 0.15) is 5.75 Å². The van der Waals surface area contributed by atoms with Crippen LogP contribution in [0.1, 0.15) is 36.2 Å². The summed E-state index contributed by atoms with van der Waals surface area (Å²) in [5, 5.41) is 3.11. The Balaban J connectivity index is 2.17. The third kappa shape index (κ3) is 3.09. The zero-order valence-electron chi connectivity index (χ0n) is 10.7. The highest BCUT2D eigenvalue weighted by Gasteiger charge is 2.09. The van der Waals surface area contributed by atoms with Gasteiger partial charge >= 0.3 is 0 Å². The van der Waals surface area contributed by atoms with Crippen LogP contribution in [-0.2, 0) is 6.42 Å². The average molecular weight is 262 g/mol. The molecule has 0 aliphatic heterocycles. The maximum atomic E-state index is 5.82. The fourth-order valence-corrected chi connectivity index (χ4v) is 2.65. The highest BCUT2D eigenvalue weighted by Crippen LogP contribution is 2.24. The van der Waals surface area contributed by atoms with Crippen LogP contribution in [0.3, 0.4) is 0 Å². The lowest BCUT2D eigenvalue weighted by atomic mass is 10.1. The Labute approximate surface area is 112 Å². The van der Waals surface area contributed by atoms with Crippen molar-refractivity contribution in [1.82, 2.24) is 4.98 Å². The Morgan fingerprint density at radius 2 is 2.17 bits per heavy atom. The summed E-state index contributed by atoms with van der Waals surface area (Å²) in [7, 11) is 0. The summed E-state index contributed by atoms with van der Waals surface area (Å²) in [6, 6.07) is 8.09. The number of thiazole rings is 1. The van der Waals surface area contributed by atoms with Gasteiger partial charge in [0.05, 0.1) is 17.3 Å². The van der Waals surface area contributed by atoms with Gasteiger partial charge in [0.15, 0.2) is 0 Å². The second-order valence-corrected chi connectivity index (χ2v) is 5.11. The molecule has 0 fully saturated rings. The second-order valence-electron chi connectivity index (χ2n) is 4.17. The first-order valence-corrected chi connectivity index (χ1v) is 6.99. The van der Waals surface area contributed by atoms with Gasteiger partial charge in [-0.15, -0.1) is 11.3 Å². The van der Waals surface area contributed by atoms with Crippen molar-refractivity contribution in [3.05, 3.63) is 45.9 Å². The molecule has 0 saturated heterocycles. The number of benzene rings is 1. The zero-order chi connectivity index (χ0) is 13.0. The van der Waals surface area contributed by atoms with Crippen LogP contribution in [0.4, 0.5) is 0 Å². The van der Waals surface area contributed by atoms with Crippen LogP contribution in [0.15, 0.2) is 29.6 Å². The highest BCUT2D eigenvalue weighted by atomic mass is 32.1. The van der Waals surface area contributed by atoms with Crippen LogP contribution in [0.2, 0.25) is 0 Å². The molecule has 0 radical (unpaired) electrons. The molecule has 1 heterocycles. The SMILES string of the molecule is CCOc1ccccc1Cc1nc(C(C)N)cs1. The minimum absolute atomic E-state index is 0.00265. The molecule has 2 rings (SSSR count). The van der Waals surface area contributed by atoms with Gasteiger partial charge < -0.3 is 10.5 Å². The molecule has 3 nitrogen and oxygen atoms in total. The lowest BCUT2D eigenvalue weighted by Gasteiger charge is -2.08. The van der Waals surface area contributed by atoms with Crippen LogP contribution in [0.5, 0.6) is 5.75 Å². The van der Waals surface area contributed by atoms with Crippen molar-refractivity contribution < 1.29 is 4.74 Å². The Morgan fingerprint density at radius 3 is 2.83 bits per heavy atom. The van der Waals surface area contributed by atoms with E-state index in [1.165, 1.54) is 5.56 Å². The largest absolute Gasteiger partial charge is 0.494 e. The third-order valence-electron chi connectivity index (χ3n) is 2.65. The summed E-state index contributed by atoms with van der Waals surface area (Å²) in [6.45, 7) is 4.63. The molecule has 1 atom stereocenters. The smallest absolute Gasteiger partial charge is 0.122 e. The van der Waals surface area contributed by atoms with Gasteiger partial charge in [-0.25, -0.2) is 4.98 Å². The van der Waals surface area contributed by atoms with Gasteiger partial charge in [-0.1, -0.05) is 18.2 Å². The monoisotopic (exact) mass is 262 g/mol. The molecule has 2 N–H and O–H groups in total. The Bertz CT molecular complexity index is 508. The van der Waals surface area contributed by atoms with Crippen LogP contribution in [0.25, 0.3) is 0 Å². The first-order valence-electron chi connectivity index (χ1n) is 6.11. The van der Waals surface area contributed by atoms with Gasteiger partial charge in [-0.2, -0.15) is 0 Å². The maximum absolute atomic E-state index is 5.82. The maximum Gasteiger partial charge on any atom is 0.122 e. The zero-order valence-corrected chi connectivity index (χ0v) is 11.5. The van der Waals surface area contributed by atoms with E-state index in [9.17, 15) is 0 Å². The molecule has 96 valence electrons. The summed E-state index contributed by atoms with van der Waals surface area (Å²) < 4.78 is 5.62. The summed E-state index contributed by atoms with van der Waals surface area (Å²) in [5.41, 5.74) is 7.95. The standard InChI is InChI=1S/C14H18N2OS/c1-3-17-13-7-5-4-6-11(13)8-14-16-12(9-18-14)10(2)15/h4-7,9-10H,3,8,15H2,1-2H3. The molecule has 0 saturated carbocycles. The molecule has 18 heavy (non-hydrogen) atoms. The van der Waals surface area contributed by atoms with Gasteiger partial charge in [0.25, 0.3) is 0 Å². The fourth-order valence-electron chi connectivity index (χ4n) is 1.72. The predicted molar refractivity (Wildman–Crippen MR) is 75.1 cm³/mol. The number of nitrogens with two attached hydrogens (primary N) is 1. The fraction of sp³-hybridized carbons (Fsp3) is 0.357. The topological polar surface area (TPSA) is 48.1 Å². The van der Waals surface area contributed by atoms with E-state index in [1.807, 2.05) is 37.4 Å². The summed E-state index contributed by atoms with van der Waals surface area (Å²) >= 11 is 1.65. The molecule has 1 aromatic heterocycles. The Hall–Kier alpha value is -1.39. The van der Waals surface area contributed by atoms with Crippen LogP contribution < -0.4 is 10.5 Å². The van der Waals surface area contributed by atoms with Crippen molar-refractivity contribution in [2.75, 3.05) is 6.61 Å². The average Bonchev–Trinajstić information content (AvgIpc) is 2.81. The van der Waals surface area contributed by atoms with Crippen LogP contribution in [0, 0.1) is 0 Å². The predicted octanol–water partition coefficient (Wildman–Crippen LogP) is 3.15.